The van der Waals surface area contributed by atoms with E-state index in [1.54, 1.807) is 0 Å². The Hall–Kier alpha value is -1.96. The molecule has 2 aromatic carbocycles. The molecule has 5 nitrogen and oxygen atoms in total. The fraction of sp³-hybridized carbons (Fsp3) is 0.381. The molecule has 2 aliphatic rings. The van der Waals surface area contributed by atoms with E-state index in [0.29, 0.717) is 31.0 Å². The number of rotatable bonds is 4. The van der Waals surface area contributed by atoms with E-state index in [1.807, 2.05) is 18.2 Å². The molecule has 0 aromatic heterocycles. The van der Waals surface area contributed by atoms with Gasteiger partial charge in [-0.3, -0.25) is 4.99 Å². The van der Waals surface area contributed by atoms with Gasteiger partial charge >= 0.3 is 0 Å². The van der Waals surface area contributed by atoms with Crippen LogP contribution >= 0.6 is 24.0 Å². The second-order valence-corrected chi connectivity index (χ2v) is 7.01. The molecule has 1 saturated carbocycles. The maximum Gasteiger partial charge on any atom is 0.193 e. The van der Waals surface area contributed by atoms with Crippen LogP contribution in [0.15, 0.2) is 53.5 Å². The van der Waals surface area contributed by atoms with Crippen LogP contribution in [0.2, 0.25) is 0 Å². The van der Waals surface area contributed by atoms with Crippen LogP contribution in [0.3, 0.4) is 0 Å². The molecule has 2 aromatic rings. The highest BCUT2D eigenvalue weighted by atomic mass is 127. The molecule has 0 amide bonds. The molecule has 27 heavy (non-hydrogen) atoms. The maximum atomic E-state index is 6.05. The number of nitrogens with zero attached hydrogens (tertiary/aromatic N) is 1. The smallest absolute Gasteiger partial charge is 0.193 e. The first-order valence-electron chi connectivity index (χ1n) is 9.29. The van der Waals surface area contributed by atoms with Crippen LogP contribution in [0.5, 0.6) is 11.5 Å². The molecular formula is C21H26IN3O2. The number of guanidine groups is 1. The summed E-state index contributed by atoms with van der Waals surface area (Å²) in [4.78, 5) is 4.51. The van der Waals surface area contributed by atoms with Crippen LogP contribution in [0.1, 0.15) is 30.7 Å². The standard InChI is InChI=1S/C21H25N3O2.HI/c22-21(23-14-15-11-17(12-15)16-5-2-1-3-6-16)24-18-7-8-19-20(13-18)26-10-4-9-25-19;/h1-3,5-8,13,15,17H,4,9-12,14H2,(H3,22,23,24);1H. The Bertz CT molecular complexity index is 776. The normalized spacial score (nSPS) is 21.4. The third kappa shape index (κ3) is 5.06. The van der Waals surface area contributed by atoms with Crippen molar-refractivity contribution in [1.29, 1.82) is 0 Å². The van der Waals surface area contributed by atoms with E-state index < -0.39 is 0 Å². The molecule has 6 heteroatoms. The minimum absolute atomic E-state index is 0. The van der Waals surface area contributed by atoms with E-state index in [2.05, 4.69) is 40.6 Å². The first kappa shape index (κ1) is 19.8. The Morgan fingerprint density at radius 1 is 1.04 bits per heavy atom. The molecular weight excluding hydrogens is 453 g/mol. The third-order valence-electron chi connectivity index (χ3n) is 5.05. The van der Waals surface area contributed by atoms with Gasteiger partial charge in [0.15, 0.2) is 17.5 Å². The summed E-state index contributed by atoms with van der Waals surface area (Å²) in [6.07, 6.45) is 3.27. The predicted octanol–water partition coefficient (Wildman–Crippen LogP) is 4.39. The van der Waals surface area contributed by atoms with Gasteiger partial charge in [0.05, 0.1) is 13.2 Å². The zero-order chi connectivity index (χ0) is 17.8. The summed E-state index contributed by atoms with van der Waals surface area (Å²) in [5.41, 5.74) is 8.36. The lowest BCUT2D eigenvalue weighted by atomic mass is 9.71. The number of fused-ring (bicyclic) bond motifs is 1. The number of benzene rings is 2. The molecule has 0 saturated heterocycles. The number of hydrogen-bond acceptors (Lipinski definition) is 3. The van der Waals surface area contributed by atoms with Crippen molar-refractivity contribution in [2.24, 2.45) is 16.6 Å². The number of ether oxygens (including phenoxy) is 2. The van der Waals surface area contributed by atoms with Crippen LogP contribution in [-0.2, 0) is 0 Å². The molecule has 0 radical (unpaired) electrons. The lowest BCUT2D eigenvalue weighted by Gasteiger charge is -2.34. The quantitative estimate of drug-likeness (QED) is 0.388. The molecule has 1 aliphatic carbocycles. The van der Waals surface area contributed by atoms with E-state index in [0.717, 1.165) is 30.2 Å². The molecule has 1 fully saturated rings. The van der Waals surface area contributed by atoms with Crippen LogP contribution in [0, 0.1) is 5.92 Å². The minimum atomic E-state index is 0. The first-order valence-corrected chi connectivity index (χ1v) is 9.29. The van der Waals surface area contributed by atoms with Crippen molar-refractivity contribution in [3.8, 4) is 11.5 Å². The molecule has 0 unspecified atom stereocenters. The van der Waals surface area contributed by atoms with Crippen molar-refractivity contribution < 1.29 is 9.47 Å². The molecule has 1 heterocycles. The Labute approximate surface area is 177 Å². The van der Waals surface area contributed by atoms with Gasteiger partial charge in [0.2, 0.25) is 0 Å². The number of nitrogens with two attached hydrogens (primary N) is 1. The fourth-order valence-electron chi connectivity index (χ4n) is 3.54. The summed E-state index contributed by atoms with van der Waals surface area (Å²) < 4.78 is 11.3. The lowest BCUT2D eigenvalue weighted by molar-refractivity contribution is 0.273. The zero-order valence-electron chi connectivity index (χ0n) is 15.3. The molecule has 144 valence electrons. The summed E-state index contributed by atoms with van der Waals surface area (Å²) in [5.74, 6) is 3.27. The van der Waals surface area contributed by atoms with Crippen molar-refractivity contribution in [3.05, 3.63) is 54.1 Å². The number of halogens is 1. The number of nitrogens with one attached hydrogen (secondary N) is 1. The van der Waals surface area contributed by atoms with Crippen molar-refractivity contribution in [1.82, 2.24) is 0 Å². The van der Waals surface area contributed by atoms with E-state index in [-0.39, 0.29) is 24.0 Å². The summed E-state index contributed by atoms with van der Waals surface area (Å²) in [6, 6.07) is 16.5. The first-order chi connectivity index (χ1) is 12.8. The van der Waals surface area contributed by atoms with Crippen molar-refractivity contribution in [2.45, 2.75) is 25.2 Å². The second kappa shape index (κ2) is 9.30. The van der Waals surface area contributed by atoms with Gasteiger partial charge in [-0.15, -0.1) is 24.0 Å². The maximum absolute atomic E-state index is 6.05. The average molecular weight is 479 g/mol. The van der Waals surface area contributed by atoms with Gasteiger partial charge < -0.3 is 20.5 Å². The fourth-order valence-corrected chi connectivity index (χ4v) is 3.54. The number of aliphatic imine (C=N–C) groups is 1. The van der Waals surface area contributed by atoms with Gasteiger partial charge in [-0.25, -0.2) is 0 Å². The van der Waals surface area contributed by atoms with Gasteiger partial charge in [0, 0.05) is 24.7 Å². The number of hydrogen-bond donors (Lipinski definition) is 2. The van der Waals surface area contributed by atoms with Gasteiger partial charge in [0.1, 0.15) is 0 Å². The average Bonchev–Trinajstić information content (AvgIpc) is 2.86. The van der Waals surface area contributed by atoms with Gasteiger partial charge in [-0.1, -0.05) is 30.3 Å². The molecule has 0 atom stereocenters. The van der Waals surface area contributed by atoms with Crippen molar-refractivity contribution >= 4 is 35.6 Å². The molecule has 0 bridgehead atoms. The van der Waals surface area contributed by atoms with Gasteiger partial charge in [-0.05, 0) is 42.4 Å². The van der Waals surface area contributed by atoms with Crippen LogP contribution in [0.4, 0.5) is 5.69 Å². The Balaban J connectivity index is 0.00000210. The lowest BCUT2D eigenvalue weighted by Crippen LogP contribution is -2.28. The monoisotopic (exact) mass is 479 g/mol. The van der Waals surface area contributed by atoms with Crippen LogP contribution in [0.25, 0.3) is 0 Å². The summed E-state index contributed by atoms with van der Waals surface area (Å²) in [5, 5.41) is 3.15. The summed E-state index contributed by atoms with van der Waals surface area (Å²) in [7, 11) is 0. The Kier molecular flexibility index (Phi) is 6.82. The number of anilines is 1. The van der Waals surface area contributed by atoms with Gasteiger partial charge in [-0.2, -0.15) is 0 Å². The highest BCUT2D eigenvalue weighted by Gasteiger charge is 2.29. The van der Waals surface area contributed by atoms with Crippen molar-refractivity contribution in [2.75, 3.05) is 25.1 Å². The van der Waals surface area contributed by atoms with E-state index in [4.69, 9.17) is 15.2 Å². The predicted molar refractivity (Wildman–Crippen MR) is 119 cm³/mol. The topological polar surface area (TPSA) is 68.9 Å². The SMILES string of the molecule is I.NC(=NCC1CC(c2ccccc2)C1)Nc1ccc2c(c1)OCCCO2. The third-order valence-corrected chi connectivity index (χ3v) is 5.05. The van der Waals surface area contributed by atoms with E-state index in [1.165, 1.54) is 18.4 Å². The largest absolute Gasteiger partial charge is 0.490 e. The van der Waals surface area contributed by atoms with E-state index in [9.17, 15) is 0 Å². The second-order valence-electron chi connectivity index (χ2n) is 7.01. The highest BCUT2D eigenvalue weighted by molar-refractivity contribution is 14.0. The zero-order valence-corrected chi connectivity index (χ0v) is 17.6. The molecule has 0 spiro atoms. The van der Waals surface area contributed by atoms with Gasteiger partial charge in [0.25, 0.3) is 0 Å². The summed E-state index contributed by atoms with van der Waals surface area (Å²) in [6.45, 7) is 2.13. The van der Waals surface area contributed by atoms with Crippen molar-refractivity contribution in [3.63, 3.8) is 0 Å². The molecule has 1 aliphatic heterocycles. The van der Waals surface area contributed by atoms with Crippen LogP contribution in [-0.4, -0.2) is 25.7 Å². The van der Waals surface area contributed by atoms with Crippen LogP contribution < -0.4 is 20.5 Å². The Morgan fingerprint density at radius 2 is 1.78 bits per heavy atom. The molecule has 3 N–H and O–H groups in total. The molecule has 4 rings (SSSR count). The minimum Gasteiger partial charge on any atom is -0.490 e. The van der Waals surface area contributed by atoms with E-state index >= 15 is 0 Å². The summed E-state index contributed by atoms with van der Waals surface area (Å²) >= 11 is 0. The highest BCUT2D eigenvalue weighted by Crippen LogP contribution is 2.41. The Morgan fingerprint density at radius 3 is 2.56 bits per heavy atom.